The largest absolute Gasteiger partial charge is 0.496 e. The standard InChI is InChI=1S/C17H20BrNO/c1-11-6-5-7-14(12(11)2)17(19-3)13-8-9-16(20-4)15(18)10-13/h5-10,17,19H,1-4H3. The van der Waals surface area contributed by atoms with Crippen molar-refractivity contribution in [2.45, 2.75) is 19.9 Å². The molecule has 0 aromatic heterocycles. The van der Waals surface area contributed by atoms with Crippen LogP contribution in [0.15, 0.2) is 40.9 Å². The summed E-state index contributed by atoms with van der Waals surface area (Å²) in [5, 5.41) is 3.41. The molecular formula is C17H20BrNO. The van der Waals surface area contributed by atoms with Crippen LogP contribution in [0.2, 0.25) is 0 Å². The van der Waals surface area contributed by atoms with Gasteiger partial charge in [-0.05, 0) is 71.2 Å². The van der Waals surface area contributed by atoms with Gasteiger partial charge in [0, 0.05) is 0 Å². The van der Waals surface area contributed by atoms with Gasteiger partial charge in [0.25, 0.3) is 0 Å². The first-order valence-electron chi connectivity index (χ1n) is 6.65. The van der Waals surface area contributed by atoms with Gasteiger partial charge in [-0.3, -0.25) is 0 Å². The third-order valence-electron chi connectivity index (χ3n) is 3.76. The summed E-state index contributed by atoms with van der Waals surface area (Å²) < 4.78 is 6.27. The summed E-state index contributed by atoms with van der Waals surface area (Å²) in [6, 6.07) is 12.8. The Morgan fingerprint density at radius 3 is 2.50 bits per heavy atom. The number of aryl methyl sites for hydroxylation is 1. The van der Waals surface area contributed by atoms with Crippen LogP contribution in [0, 0.1) is 13.8 Å². The van der Waals surface area contributed by atoms with Gasteiger partial charge in [-0.1, -0.05) is 24.3 Å². The molecule has 2 aromatic rings. The minimum atomic E-state index is 0.178. The normalized spacial score (nSPS) is 12.2. The summed E-state index contributed by atoms with van der Waals surface area (Å²) >= 11 is 3.56. The highest BCUT2D eigenvalue weighted by molar-refractivity contribution is 9.10. The lowest BCUT2D eigenvalue weighted by molar-refractivity contribution is 0.412. The zero-order valence-corrected chi connectivity index (χ0v) is 13.9. The minimum absolute atomic E-state index is 0.178. The summed E-state index contributed by atoms with van der Waals surface area (Å²) in [6.07, 6.45) is 0. The van der Waals surface area contributed by atoms with Crippen LogP contribution in [0.1, 0.15) is 28.3 Å². The minimum Gasteiger partial charge on any atom is -0.496 e. The molecule has 0 saturated heterocycles. The summed E-state index contributed by atoms with van der Waals surface area (Å²) in [4.78, 5) is 0. The Morgan fingerprint density at radius 2 is 1.90 bits per heavy atom. The molecule has 2 aromatic carbocycles. The molecule has 0 aliphatic carbocycles. The van der Waals surface area contributed by atoms with E-state index in [0.717, 1.165) is 10.2 Å². The molecule has 106 valence electrons. The Balaban J connectivity index is 2.47. The highest BCUT2D eigenvalue weighted by atomic mass is 79.9. The van der Waals surface area contributed by atoms with E-state index in [4.69, 9.17) is 4.74 Å². The summed E-state index contributed by atoms with van der Waals surface area (Å²) in [5.74, 6) is 0.851. The van der Waals surface area contributed by atoms with Crippen molar-refractivity contribution >= 4 is 15.9 Å². The first-order valence-corrected chi connectivity index (χ1v) is 7.44. The molecule has 1 unspecified atom stereocenters. The van der Waals surface area contributed by atoms with Crippen molar-refractivity contribution in [1.82, 2.24) is 5.32 Å². The lowest BCUT2D eigenvalue weighted by Crippen LogP contribution is -2.19. The zero-order chi connectivity index (χ0) is 14.7. The van der Waals surface area contributed by atoms with E-state index in [1.54, 1.807) is 7.11 Å². The molecule has 3 heteroatoms. The summed E-state index contributed by atoms with van der Waals surface area (Å²) in [7, 11) is 3.67. The third kappa shape index (κ3) is 2.89. The molecule has 0 amide bonds. The summed E-state index contributed by atoms with van der Waals surface area (Å²) in [5.41, 5.74) is 5.17. The first kappa shape index (κ1) is 15.1. The Labute approximate surface area is 129 Å². The lowest BCUT2D eigenvalue weighted by atomic mass is 9.93. The molecule has 0 spiro atoms. The fourth-order valence-electron chi connectivity index (χ4n) is 2.45. The Hall–Kier alpha value is -1.32. The molecule has 20 heavy (non-hydrogen) atoms. The van der Waals surface area contributed by atoms with Crippen LogP contribution in [0.4, 0.5) is 0 Å². The van der Waals surface area contributed by atoms with Crippen molar-refractivity contribution in [3.8, 4) is 5.75 Å². The zero-order valence-electron chi connectivity index (χ0n) is 12.3. The van der Waals surface area contributed by atoms with E-state index < -0.39 is 0 Å². The van der Waals surface area contributed by atoms with Crippen LogP contribution in [-0.4, -0.2) is 14.2 Å². The van der Waals surface area contributed by atoms with E-state index in [1.807, 2.05) is 13.1 Å². The van der Waals surface area contributed by atoms with Gasteiger partial charge in [0.05, 0.1) is 17.6 Å². The fourth-order valence-corrected chi connectivity index (χ4v) is 3.01. The van der Waals surface area contributed by atoms with Crippen LogP contribution >= 0.6 is 15.9 Å². The fraction of sp³-hybridized carbons (Fsp3) is 0.294. The smallest absolute Gasteiger partial charge is 0.133 e. The van der Waals surface area contributed by atoms with Crippen molar-refractivity contribution < 1.29 is 4.74 Å². The molecule has 0 radical (unpaired) electrons. The quantitative estimate of drug-likeness (QED) is 0.896. The molecule has 1 N–H and O–H groups in total. The van der Waals surface area contributed by atoms with Crippen molar-refractivity contribution in [2.24, 2.45) is 0 Å². The maximum atomic E-state index is 5.29. The Bertz CT molecular complexity index is 610. The Morgan fingerprint density at radius 1 is 1.15 bits per heavy atom. The van der Waals surface area contributed by atoms with Crippen LogP contribution < -0.4 is 10.1 Å². The monoisotopic (exact) mass is 333 g/mol. The van der Waals surface area contributed by atoms with Gasteiger partial charge < -0.3 is 10.1 Å². The molecule has 0 saturated carbocycles. The average Bonchev–Trinajstić information content (AvgIpc) is 2.44. The van der Waals surface area contributed by atoms with Gasteiger partial charge in [0.1, 0.15) is 5.75 Å². The van der Waals surface area contributed by atoms with Gasteiger partial charge in [-0.2, -0.15) is 0 Å². The first-order chi connectivity index (χ1) is 9.58. The maximum Gasteiger partial charge on any atom is 0.133 e. The van der Waals surface area contributed by atoms with Crippen molar-refractivity contribution in [3.63, 3.8) is 0 Å². The van der Waals surface area contributed by atoms with Crippen molar-refractivity contribution in [2.75, 3.05) is 14.2 Å². The molecule has 0 fully saturated rings. The lowest BCUT2D eigenvalue weighted by Gasteiger charge is -2.21. The topological polar surface area (TPSA) is 21.3 Å². The molecule has 2 nitrogen and oxygen atoms in total. The van der Waals surface area contributed by atoms with Crippen molar-refractivity contribution in [1.29, 1.82) is 0 Å². The second kappa shape index (κ2) is 6.42. The predicted molar refractivity (Wildman–Crippen MR) is 87.5 cm³/mol. The molecule has 2 rings (SSSR count). The maximum absolute atomic E-state index is 5.29. The number of nitrogens with one attached hydrogen (secondary N) is 1. The van der Waals surface area contributed by atoms with Crippen LogP contribution in [0.25, 0.3) is 0 Å². The van der Waals surface area contributed by atoms with Gasteiger partial charge in [0.15, 0.2) is 0 Å². The van der Waals surface area contributed by atoms with E-state index in [9.17, 15) is 0 Å². The Kier molecular flexibility index (Phi) is 4.84. The SMILES string of the molecule is CNC(c1ccc(OC)c(Br)c1)c1cccc(C)c1C. The second-order valence-corrected chi connectivity index (χ2v) is 5.76. The highest BCUT2D eigenvalue weighted by Crippen LogP contribution is 2.32. The van der Waals surface area contributed by atoms with E-state index in [0.29, 0.717) is 0 Å². The highest BCUT2D eigenvalue weighted by Gasteiger charge is 2.16. The molecule has 0 aliphatic rings. The average molecular weight is 334 g/mol. The molecule has 1 atom stereocenters. The van der Waals surface area contributed by atoms with Crippen LogP contribution in [0.3, 0.4) is 0 Å². The number of methoxy groups -OCH3 is 1. The molecule has 0 bridgehead atoms. The molecule has 0 aliphatic heterocycles. The van der Waals surface area contributed by atoms with Gasteiger partial charge in [-0.15, -0.1) is 0 Å². The van der Waals surface area contributed by atoms with E-state index in [2.05, 4.69) is 65.4 Å². The molecular weight excluding hydrogens is 314 g/mol. The van der Waals surface area contributed by atoms with Gasteiger partial charge in [0.2, 0.25) is 0 Å². The number of benzene rings is 2. The number of ether oxygens (including phenoxy) is 1. The van der Waals surface area contributed by atoms with Crippen molar-refractivity contribution in [3.05, 3.63) is 63.1 Å². The number of hydrogen-bond acceptors (Lipinski definition) is 2. The van der Waals surface area contributed by atoms with Gasteiger partial charge >= 0.3 is 0 Å². The van der Waals surface area contributed by atoms with E-state index >= 15 is 0 Å². The number of halogens is 1. The summed E-state index contributed by atoms with van der Waals surface area (Å²) in [6.45, 7) is 4.32. The van der Waals surface area contributed by atoms with Crippen LogP contribution in [0.5, 0.6) is 5.75 Å². The van der Waals surface area contributed by atoms with Gasteiger partial charge in [-0.25, -0.2) is 0 Å². The predicted octanol–water partition coefficient (Wildman–Crippen LogP) is 4.38. The van der Waals surface area contributed by atoms with Crippen LogP contribution in [-0.2, 0) is 0 Å². The second-order valence-electron chi connectivity index (χ2n) is 4.90. The third-order valence-corrected chi connectivity index (χ3v) is 4.38. The number of rotatable bonds is 4. The van der Waals surface area contributed by atoms with E-state index in [1.165, 1.54) is 22.3 Å². The van der Waals surface area contributed by atoms with E-state index in [-0.39, 0.29) is 6.04 Å². The number of hydrogen-bond donors (Lipinski definition) is 1. The molecule has 0 heterocycles.